The van der Waals surface area contributed by atoms with Gasteiger partial charge in [-0.15, -0.1) is 0 Å². The van der Waals surface area contributed by atoms with Gasteiger partial charge in [-0.2, -0.15) is 0 Å². The number of hydrogen-bond acceptors (Lipinski definition) is 5. The van der Waals surface area contributed by atoms with Gasteiger partial charge in [-0.1, -0.05) is 30.3 Å². The second kappa shape index (κ2) is 10.0. The highest BCUT2D eigenvalue weighted by Gasteiger charge is 2.12. The molecule has 30 heavy (non-hydrogen) atoms. The van der Waals surface area contributed by atoms with E-state index >= 15 is 0 Å². The first-order valence-corrected chi connectivity index (χ1v) is 9.34. The van der Waals surface area contributed by atoms with Crippen LogP contribution in [0.15, 0.2) is 77.4 Å². The van der Waals surface area contributed by atoms with Crippen LogP contribution in [0.3, 0.4) is 0 Å². The molecule has 3 aromatic rings. The molecule has 0 unspecified atom stereocenters. The summed E-state index contributed by atoms with van der Waals surface area (Å²) in [5, 5.41) is 8.28. The molecule has 0 fully saturated rings. The van der Waals surface area contributed by atoms with Crippen molar-refractivity contribution in [2.24, 2.45) is 0 Å². The summed E-state index contributed by atoms with van der Waals surface area (Å²) in [7, 11) is 1.51. The Morgan fingerprint density at radius 2 is 1.83 bits per heavy atom. The van der Waals surface area contributed by atoms with Gasteiger partial charge < -0.3 is 19.8 Å². The van der Waals surface area contributed by atoms with Gasteiger partial charge in [0, 0.05) is 11.8 Å². The number of benzene rings is 2. The molecule has 0 aliphatic rings. The molecule has 1 aromatic heterocycles. The minimum atomic E-state index is -0.391. The molecule has 8 heteroatoms. The molecular formula is C22H19N3O4S. The molecule has 2 amide bonds. The molecule has 0 atom stereocenters. The maximum Gasteiger partial charge on any atom is 0.291 e. The fraction of sp³-hybridized carbons (Fsp3) is 0.0455. The van der Waals surface area contributed by atoms with Crippen molar-refractivity contribution in [1.82, 2.24) is 5.32 Å². The van der Waals surface area contributed by atoms with E-state index in [0.29, 0.717) is 17.1 Å². The third kappa shape index (κ3) is 5.79. The lowest BCUT2D eigenvalue weighted by atomic mass is 10.2. The summed E-state index contributed by atoms with van der Waals surface area (Å²) in [4.78, 5) is 24.2. The Bertz CT molecular complexity index is 1060. The van der Waals surface area contributed by atoms with Gasteiger partial charge in [0.15, 0.2) is 10.9 Å². The molecular weight excluding hydrogens is 402 g/mol. The summed E-state index contributed by atoms with van der Waals surface area (Å²) in [6.07, 6.45) is 4.49. The second-order valence-electron chi connectivity index (χ2n) is 6.03. The van der Waals surface area contributed by atoms with Gasteiger partial charge >= 0.3 is 0 Å². The number of methoxy groups -OCH3 is 1. The van der Waals surface area contributed by atoms with Gasteiger partial charge in [0.05, 0.1) is 19.1 Å². The van der Waals surface area contributed by atoms with Gasteiger partial charge in [0.25, 0.3) is 5.91 Å². The number of carbonyl (C=O) groups is 2. The molecule has 2 aromatic carbocycles. The SMILES string of the molecule is COc1ccc(NC(=O)c2ccco2)cc1NC(=S)NC(=O)/C=C/c1ccccc1. The highest BCUT2D eigenvalue weighted by atomic mass is 32.1. The van der Waals surface area contributed by atoms with Crippen LogP contribution in [0.5, 0.6) is 5.75 Å². The van der Waals surface area contributed by atoms with Crippen LogP contribution in [-0.2, 0) is 4.79 Å². The second-order valence-corrected chi connectivity index (χ2v) is 6.44. The number of anilines is 2. The summed E-state index contributed by atoms with van der Waals surface area (Å²) in [5.41, 5.74) is 1.87. The average Bonchev–Trinajstić information content (AvgIpc) is 3.28. The predicted octanol–water partition coefficient (Wildman–Crippen LogP) is 4.07. The number of ether oxygens (including phenoxy) is 1. The Labute approximate surface area is 178 Å². The van der Waals surface area contributed by atoms with Crippen LogP contribution in [-0.4, -0.2) is 24.0 Å². The summed E-state index contributed by atoms with van der Waals surface area (Å²) in [6, 6.07) is 17.6. The fourth-order valence-corrected chi connectivity index (χ4v) is 2.74. The molecule has 3 rings (SSSR count). The van der Waals surface area contributed by atoms with Crippen LogP contribution in [0.2, 0.25) is 0 Å². The molecule has 0 bridgehead atoms. The van der Waals surface area contributed by atoms with Crippen LogP contribution < -0.4 is 20.7 Å². The Morgan fingerprint density at radius 3 is 2.53 bits per heavy atom. The highest BCUT2D eigenvalue weighted by Crippen LogP contribution is 2.28. The van der Waals surface area contributed by atoms with Crippen molar-refractivity contribution >= 4 is 46.6 Å². The summed E-state index contributed by atoms with van der Waals surface area (Å²) >= 11 is 5.21. The lowest BCUT2D eigenvalue weighted by molar-refractivity contribution is -0.115. The molecule has 0 spiro atoms. The molecule has 7 nitrogen and oxygen atoms in total. The van der Waals surface area contributed by atoms with E-state index < -0.39 is 5.91 Å². The number of amides is 2. The zero-order valence-electron chi connectivity index (χ0n) is 16.0. The maximum absolute atomic E-state index is 12.2. The molecule has 152 valence electrons. The van der Waals surface area contributed by atoms with Gasteiger partial charge in [-0.25, -0.2) is 0 Å². The first kappa shape index (κ1) is 20.8. The van der Waals surface area contributed by atoms with Gasteiger partial charge in [-0.3, -0.25) is 14.9 Å². The number of thiocarbonyl (C=S) groups is 1. The number of nitrogens with one attached hydrogen (secondary N) is 3. The van der Waals surface area contributed by atoms with Crippen LogP contribution in [0.4, 0.5) is 11.4 Å². The third-order valence-corrected chi connectivity index (χ3v) is 4.12. The van der Waals surface area contributed by atoms with Crippen molar-refractivity contribution < 1.29 is 18.7 Å². The van der Waals surface area contributed by atoms with E-state index in [9.17, 15) is 9.59 Å². The number of furan rings is 1. The van der Waals surface area contributed by atoms with E-state index in [0.717, 1.165) is 5.56 Å². The monoisotopic (exact) mass is 421 g/mol. The summed E-state index contributed by atoms with van der Waals surface area (Å²) in [5.74, 6) is -0.0913. The fourth-order valence-electron chi connectivity index (χ4n) is 2.53. The van der Waals surface area contributed by atoms with E-state index in [-0.39, 0.29) is 16.8 Å². The number of rotatable bonds is 6. The van der Waals surface area contributed by atoms with Gasteiger partial charge in [0.2, 0.25) is 5.91 Å². The topological polar surface area (TPSA) is 92.6 Å². The quantitative estimate of drug-likeness (QED) is 0.411. The summed E-state index contributed by atoms with van der Waals surface area (Å²) in [6.45, 7) is 0. The average molecular weight is 421 g/mol. The first-order valence-electron chi connectivity index (χ1n) is 8.93. The lowest BCUT2D eigenvalue weighted by Crippen LogP contribution is -2.33. The van der Waals surface area contributed by atoms with Crippen molar-refractivity contribution in [3.63, 3.8) is 0 Å². The normalized spacial score (nSPS) is 10.4. The molecule has 0 saturated heterocycles. The maximum atomic E-state index is 12.2. The van der Waals surface area contributed by atoms with Gasteiger partial charge in [-0.05, 0) is 54.2 Å². The largest absolute Gasteiger partial charge is 0.495 e. The van der Waals surface area contributed by atoms with Crippen molar-refractivity contribution in [2.45, 2.75) is 0 Å². The minimum absolute atomic E-state index is 0.0884. The van der Waals surface area contributed by atoms with E-state index in [1.54, 1.807) is 36.4 Å². The van der Waals surface area contributed by atoms with Crippen molar-refractivity contribution in [3.05, 3.63) is 84.3 Å². The van der Waals surface area contributed by atoms with E-state index in [1.807, 2.05) is 30.3 Å². The smallest absolute Gasteiger partial charge is 0.291 e. The standard InChI is InChI=1S/C22H19N3O4S/c1-28-18-11-10-16(23-21(27)19-8-5-13-29-19)14-17(18)24-22(30)25-20(26)12-9-15-6-3-2-4-7-15/h2-14H,1H3,(H,23,27)(H2,24,25,26,30)/b12-9+. The van der Waals surface area contributed by atoms with Crippen molar-refractivity contribution in [2.75, 3.05) is 17.7 Å². The Balaban J connectivity index is 1.64. The molecule has 1 heterocycles. The third-order valence-electron chi connectivity index (χ3n) is 3.91. The van der Waals surface area contributed by atoms with Gasteiger partial charge in [0.1, 0.15) is 5.75 Å². The van der Waals surface area contributed by atoms with Crippen molar-refractivity contribution in [1.29, 1.82) is 0 Å². The summed E-state index contributed by atoms with van der Waals surface area (Å²) < 4.78 is 10.4. The van der Waals surface area contributed by atoms with Crippen molar-refractivity contribution in [3.8, 4) is 5.75 Å². The Morgan fingerprint density at radius 1 is 1.03 bits per heavy atom. The van der Waals surface area contributed by atoms with E-state index in [4.69, 9.17) is 21.4 Å². The highest BCUT2D eigenvalue weighted by molar-refractivity contribution is 7.80. The van der Waals surface area contributed by atoms with E-state index in [2.05, 4.69) is 16.0 Å². The zero-order valence-corrected chi connectivity index (χ0v) is 16.9. The molecule has 3 N–H and O–H groups in total. The van der Waals surface area contributed by atoms with Crippen LogP contribution in [0.25, 0.3) is 6.08 Å². The molecule has 0 radical (unpaired) electrons. The molecule has 0 aliphatic heterocycles. The Hall–Kier alpha value is -3.91. The zero-order chi connectivity index (χ0) is 21.3. The predicted molar refractivity (Wildman–Crippen MR) is 119 cm³/mol. The van der Waals surface area contributed by atoms with Crippen LogP contribution in [0, 0.1) is 0 Å². The number of hydrogen-bond donors (Lipinski definition) is 3. The number of carbonyl (C=O) groups excluding carboxylic acids is 2. The lowest BCUT2D eigenvalue weighted by Gasteiger charge is -2.14. The molecule has 0 saturated carbocycles. The van der Waals surface area contributed by atoms with Crippen LogP contribution >= 0.6 is 12.2 Å². The Kier molecular flexibility index (Phi) is 6.96. The first-order chi connectivity index (χ1) is 14.5. The minimum Gasteiger partial charge on any atom is -0.495 e. The molecule has 0 aliphatic carbocycles. The van der Waals surface area contributed by atoms with E-state index in [1.165, 1.54) is 19.4 Å². The van der Waals surface area contributed by atoms with Crippen LogP contribution in [0.1, 0.15) is 16.1 Å².